The minimum Gasteiger partial charge on any atom is -0.467 e. The quantitative estimate of drug-likeness (QED) is 0.525. The number of aromatic nitrogens is 3. The van der Waals surface area contributed by atoms with E-state index in [1.54, 1.807) is 47.8 Å². The summed E-state index contributed by atoms with van der Waals surface area (Å²) in [7, 11) is 0. The molecule has 146 valence electrons. The van der Waals surface area contributed by atoms with Crippen molar-refractivity contribution in [3.63, 3.8) is 0 Å². The highest BCUT2D eigenvalue weighted by Crippen LogP contribution is 2.13. The third kappa shape index (κ3) is 4.57. The predicted octanol–water partition coefficient (Wildman–Crippen LogP) is 3.07. The Kier molecular flexibility index (Phi) is 5.47. The molecule has 4 aromatic rings. The molecule has 3 heterocycles. The van der Waals surface area contributed by atoms with Gasteiger partial charge in [-0.3, -0.25) is 14.6 Å². The number of hydrogen-bond donors (Lipinski definition) is 1. The van der Waals surface area contributed by atoms with Crippen molar-refractivity contribution < 1.29 is 9.21 Å². The highest BCUT2D eigenvalue weighted by atomic mass is 16.3. The molecule has 0 fully saturated rings. The number of nitrogens with one attached hydrogen (secondary N) is 1. The summed E-state index contributed by atoms with van der Waals surface area (Å²) in [5.41, 5.74) is 1.37. The monoisotopic (exact) mass is 388 g/mol. The molecule has 7 heteroatoms. The number of carbonyl (C=O) groups excluding carboxylic acids is 1. The molecule has 0 saturated heterocycles. The van der Waals surface area contributed by atoms with Crippen LogP contribution in [0, 0.1) is 0 Å². The number of aromatic amines is 1. The molecule has 0 bridgehead atoms. The number of para-hydroxylation sites is 1. The number of rotatable bonds is 7. The second-order valence-electron chi connectivity index (χ2n) is 6.72. The van der Waals surface area contributed by atoms with Gasteiger partial charge in [-0.2, -0.15) is 0 Å². The Morgan fingerprint density at radius 2 is 1.97 bits per heavy atom. The van der Waals surface area contributed by atoms with Crippen LogP contribution in [-0.4, -0.2) is 25.8 Å². The van der Waals surface area contributed by atoms with E-state index in [0.717, 1.165) is 5.56 Å². The molecule has 0 saturated carbocycles. The number of H-pyrrole nitrogens is 1. The molecule has 1 amide bonds. The molecular weight excluding hydrogens is 368 g/mol. The molecule has 7 nitrogen and oxygen atoms in total. The van der Waals surface area contributed by atoms with E-state index in [4.69, 9.17) is 4.42 Å². The SMILES string of the molecule is O=C(CCc1nc2ccccc2c(=O)[nH]1)N(Cc1cccnc1)Cc1ccco1. The zero-order chi connectivity index (χ0) is 20.1. The molecule has 0 aliphatic rings. The van der Waals surface area contributed by atoms with Crippen LogP contribution in [0.3, 0.4) is 0 Å². The van der Waals surface area contributed by atoms with Crippen molar-refractivity contribution >= 4 is 16.8 Å². The fourth-order valence-corrected chi connectivity index (χ4v) is 3.17. The van der Waals surface area contributed by atoms with E-state index < -0.39 is 0 Å². The maximum Gasteiger partial charge on any atom is 0.258 e. The first-order valence-corrected chi connectivity index (χ1v) is 9.36. The smallest absolute Gasteiger partial charge is 0.258 e. The van der Waals surface area contributed by atoms with Gasteiger partial charge in [0.1, 0.15) is 11.6 Å². The van der Waals surface area contributed by atoms with E-state index in [1.165, 1.54) is 0 Å². The summed E-state index contributed by atoms with van der Waals surface area (Å²) in [4.78, 5) is 38.2. The van der Waals surface area contributed by atoms with Gasteiger partial charge in [0.05, 0.1) is 23.7 Å². The van der Waals surface area contributed by atoms with Crippen LogP contribution in [0.15, 0.2) is 76.4 Å². The lowest BCUT2D eigenvalue weighted by molar-refractivity contribution is -0.132. The molecule has 0 atom stereocenters. The van der Waals surface area contributed by atoms with Crippen molar-refractivity contribution in [2.24, 2.45) is 0 Å². The van der Waals surface area contributed by atoms with Crippen molar-refractivity contribution in [2.75, 3.05) is 0 Å². The molecule has 0 radical (unpaired) electrons. The van der Waals surface area contributed by atoms with Crippen molar-refractivity contribution in [3.8, 4) is 0 Å². The fraction of sp³-hybridized carbons (Fsp3) is 0.182. The molecule has 1 N–H and O–H groups in total. The largest absolute Gasteiger partial charge is 0.467 e. The van der Waals surface area contributed by atoms with Gasteiger partial charge in [-0.05, 0) is 35.9 Å². The molecule has 0 unspecified atom stereocenters. The maximum absolute atomic E-state index is 12.9. The number of furan rings is 1. The van der Waals surface area contributed by atoms with Gasteiger partial charge in [-0.25, -0.2) is 4.98 Å². The normalized spacial score (nSPS) is 10.9. The lowest BCUT2D eigenvalue weighted by atomic mass is 10.2. The number of benzene rings is 1. The first-order valence-electron chi connectivity index (χ1n) is 9.36. The van der Waals surface area contributed by atoms with E-state index >= 15 is 0 Å². The van der Waals surface area contributed by atoms with E-state index in [-0.39, 0.29) is 17.9 Å². The Labute approximate surface area is 167 Å². The van der Waals surface area contributed by atoms with E-state index in [1.807, 2.05) is 24.3 Å². The van der Waals surface area contributed by atoms with E-state index in [0.29, 0.717) is 42.0 Å². The van der Waals surface area contributed by atoms with Gasteiger partial charge in [-0.1, -0.05) is 18.2 Å². The Balaban J connectivity index is 1.49. The van der Waals surface area contributed by atoms with E-state index in [9.17, 15) is 9.59 Å². The second-order valence-corrected chi connectivity index (χ2v) is 6.72. The molecule has 29 heavy (non-hydrogen) atoms. The summed E-state index contributed by atoms with van der Waals surface area (Å²) in [6.07, 6.45) is 5.60. The molecule has 0 aliphatic heterocycles. The fourth-order valence-electron chi connectivity index (χ4n) is 3.17. The third-order valence-electron chi connectivity index (χ3n) is 4.61. The van der Waals surface area contributed by atoms with Crippen LogP contribution in [-0.2, 0) is 24.3 Å². The van der Waals surface area contributed by atoms with Crippen molar-refractivity contribution in [3.05, 3.63) is 94.7 Å². The zero-order valence-electron chi connectivity index (χ0n) is 15.7. The van der Waals surface area contributed by atoms with Gasteiger partial charge in [0, 0.05) is 31.8 Å². The number of pyridine rings is 1. The highest BCUT2D eigenvalue weighted by molar-refractivity contribution is 5.78. The number of fused-ring (bicyclic) bond motifs is 1. The van der Waals surface area contributed by atoms with Crippen molar-refractivity contribution in [1.29, 1.82) is 0 Å². The summed E-state index contributed by atoms with van der Waals surface area (Å²) >= 11 is 0. The van der Waals surface area contributed by atoms with Crippen LogP contribution in [0.4, 0.5) is 0 Å². The summed E-state index contributed by atoms with van der Waals surface area (Å²) in [5.74, 6) is 1.15. The zero-order valence-corrected chi connectivity index (χ0v) is 15.7. The minimum atomic E-state index is -0.194. The van der Waals surface area contributed by atoms with Gasteiger partial charge in [0.15, 0.2) is 0 Å². The van der Waals surface area contributed by atoms with Crippen molar-refractivity contribution in [1.82, 2.24) is 19.9 Å². The molecule has 0 aliphatic carbocycles. The van der Waals surface area contributed by atoms with Crippen LogP contribution in [0.25, 0.3) is 10.9 Å². The lowest BCUT2D eigenvalue weighted by Crippen LogP contribution is -2.30. The van der Waals surface area contributed by atoms with E-state index in [2.05, 4.69) is 15.0 Å². The van der Waals surface area contributed by atoms with Crippen LogP contribution >= 0.6 is 0 Å². The van der Waals surface area contributed by atoms with Gasteiger partial charge in [0.25, 0.3) is 5.56 Å². The highest BCUT2D eigenvalue weighted by Gasteiger charge is 2.17. The Hall–Kier alpha value is -3.74. The first kappa shape index (κ1) is 18.6. The predicted molar refractivity (Wildman–Crippen MR) is 108 cm³/mol. The summed E-state index contributed by atoms with van der Waals surface area (Å²) in [6, 6.07) is 14.6. The third-order valence-corrected chi connectivity index (χ3v) is 4.61. The topological polar surface area (TPSA) is 92.1 Å². The molecular formula is C22H20N4O3. The van der Waals surface area contributed by atoms with Gasteiger partial charge in [0.2, 0.25) is 5.91 Å². The van der Waals surface area contributed by atoms with Gasteiger partial charge >= 0.3 is 0 Å². The van der Waals surface area contributed by atoms with Gasteiger partial charge in [-0.15, -0.1) is 0 Å². The maximum atomic E-state index is 12.9. The van der Waals surface area contributed by atoms with Crippen LogP contribution < -0.4 is 5.56 Å². The van der Waals surface area contributed by atoms with Gasteiger partial charge < -0.3 is 14.3 Å². The van der Waals surface area contributed by atoms with Crippen LogP contribution in [0.1, 0.15) is 23.6 Å². The molecule has 1 aromatic carbocycles. The number of carbonyl (C=O) groups is 1. The summed E-state index contributed by atoms with van der Waals surface area (Å²) < 4.78 is 5.41. The number of nitrogens with zero attached hydrogens (tertiary/aromatic N) is 3. The Morgan fingerprint density at radius 3 is 2.76 bits per heavy atom. The minimum absolute atomic E-state index is 0.0546. The Bertz CT molecular complexity index is 1150. The standard InChI is InChI=1S/C22H20N4O3/c27-21(10-9-20-24-19-8-2-1-7-18(19)22(28)25-20)26(15-17-6-4-12-29-17)14-16-5-3-11-23-13-16/h1-8,11-13H,9-10,14-15H2,(H,24,25,28). The average Bonchev–Trinajstić information content (AvgIpc) is 3.25. The molecule has 4 rings (SSSR count). The summed E-state index contributed by atoms with van der Waals surface area (Å²) in [6.45, 7) is 0.789. The second kappa shape index (κ2) is 8.52. The van der Waals surface area contributed by atoms with Crippen LogP contribution in [0.5, 0.6) is 0 Å². The number of aryl methyl sites for hydroxylation is 1. The molecule has 3 aromatic heterocycles. The van der Waals surface area contributed by atoms with Crippen molar-refractivity contribution in [2.45, 2.75) is 25.9 Å². The Morgan fingerprint density at radius 1 is 1.07 bits per heavy atom. The molecule has 0 spiro atoms. The van der Waals surface area contributed by atoms with Crippen LogP contribution in [0.2, 0.25) is 0 Å². The average molecular weight is 388 g/mol. The summed E-state index contributed by atoms with van der Waals surface area (Å²) in [5, 5.41) is 0.540. The lowest BCUT2D eigenvalue weighted by Gasteiger charge is -2.21. The number of amides is 1. The first-order chi connectivity index (χ1) is 14.2. The number of hydrogen-bond acceptors (Lipinski definition) is 5.